The molecule has 6 nitrogen and oxygen atoms in total. The number of hydrogen-bond acceptors (Lipinski definition) is 4. The van der Waals surface area contributed by atoms with E-state index in [4.69, 9.17) is 16.1 Å². The minimum Gasteiger partial charge on any atom is -0.359 e. The maximum atomic E-state index is 13.0. The van der Waals surface area contributed by atoms with E-state index in [0.29, 0.717) is 17.3 Å². The predicted octanol–water partition coefficient (Wildman–Crippen LogP) is 3.13. The van der Waals surface area contributed by atoms with E-state index in [-0.39, 0.29) is 11.9 Å². The van der Waals surface area contributed by atoms with Gasteiger partial charge in [-0.2, -0.15) is 5.10 Å². The highest BCUT2D eigenvalue weighted by atomic mass is 35.5. The Morgan fingerprint density at radius 1 is 1.41 bits per heavy atom. The van der Waals surface area contributed by atoms with Crippen molar-refractivity contribution in [2.24, 2.45) is 7.05 Å². The average Bonchev–Trinajstić information content (AvgIpc) is 2.96. The summed E-state index contributed by atoms with van der Waals surface area (Å²) in [6, 6.07) is 1.81. The van der Waals surface area contributed by atoms with Crippen molar-refractivity contribution in [3.8, 4) is 0 Å². The van der Waals surface area contributed by atoms with Crippen molar-refractivity contribution < 1.29 is 9.32 Å². The number of amides is 1. The Kier molecular flexibility index (Phi) is 4.20. The molecule has 0 aromatic carbocycles. The van der Waals surface area contributed by atoms with Crippen LogP contribution >= 0.6 is 11.6 Å². The maximum Gasteiger partial charge on any atom is 0.274 e. The minimum atomic E-state index is -0.106. The molecule has 2 aromatic heterocycles. The van der Waals surface area contributed by atoms with Gasteiger partial charge in [0.2, 0.25) is 0 Å². The molecule has 1 aliphatic rings. The van der Waals surface area contributed by atoms with Crippen molar-refractivity contribution in [1.82, 2.24) is 19.8 Å². The number of halogens is 1. The molecule has 118 valence electrons. The van der Waals surface area contributed by atoms with Crippen LogP contribution in [0.4, 0.5) is 0 Å². The summed E-state index contributed by atoms with van der Waals surface area (Å²) in [6.45, 7) is 2.57. The van der Waals surface area contributed by atoms with E-state index < -0.39 is 0 Å². The van der Waals surface area contributed by atoms with Gasteiger partial charge in [-0.1, -0.05) is 29.6 Å². The molecule has 7 heteroatoms. The third kappa shape index (κ3) is 2.75. The van der Waals surface area contributed by atoms with Crippen LogP contribution < -0.4 is 0 Å². The van der Waals surface area contributed by atoms with Gasteiger partial charge in [0.1, 0.15) is 5.69 Å². The molecule has 0 spiro atoms. The first kappa shape index (κ1) is 15.1. The summed E-state index contributed by atoms with van der Waals surface area (Å²) in [5, 5.41) is 8.40. The molecule has 0 aliphatic carbocycles. The second-order valence-corrected chi connectivity index (χ2v) is 6.11. The molecule has 0 saturated carbocycles. The quantitative estimate of drug-likeness (QED) is 0.852. The largest absolute Gasteiger partial charge is 0.359 e. The lowest BCUT2D eigenvalue weighted by atomic mass is 10.1. The lowest BCUT2D eigenvalue weighted by Crippen LogP contribution is -2.36. The Hall–Kier alpha value is -1.82. The van der Waals surface area contributed by atoms with E-state index in [9.17, 15) is 4.79 Å². The molecular weight excluding hydrogens is 304 g/mol. The van der Waals surface area contributed by atoms with Gasteiger partial charge in [0.15, 0.2) is 5.76 Å². The molecule has 1 aliphatic heterocycles. The lowest BCUT2D eigenvalue weighted by Gasteiger charge is -2.28. The first-order valence-electron chi connectivity index (χ1n) is 7.49. The Bertz CT molecular complexity index is 659. The summed E-state index contributed by atoms with van der Waals surface area (Å²) >= 11 is 6.13. The van der Waals surface area contributed by atoms with E-state index in [0.717, 1.165) is 37.1 Å². The minimum absolute atomic E-state index is 0.0952. The monoisotopic (exact) mass is 322 g/mol. The number of nitrogens with zero attached hydrogens (tertiary/aromatic N) is 4. The standard InChI is InChI=1S/C15H19ClN4O2/c1-10-8-13(22-18-10)12-6-4-3-5-7-20(12)15(21)14-11(16)9-17-19(14)2/h8-9,12H,3-7H2,1-2H3/t12-/m1/s1. The van der Waals surface area contributed by atoms with Gasteiger partial charge in [0, 0.05) is 19.7 Å². The van der Waals surface area contributed by atoms with Crippen LogP contribution in [0.25, 0.3) is 0 Å². The summed E-state index contributed by atoms with van der Waals surface area (Å²) in [6.07, 6.45) is 5.51. The van der Waals surface area contributed by atoms with E-state index in [1.807, 2.05) is 17.9 Å². The van der Waals surface area contributed by atoms with Crippen molar-refractivity contribution in [3.05, 3.63) is 34.4 Å². The van der Waals surface area contributed by atoms with Gasteiger partial charge in [-0.05, 0) is 19.8 Å². The summed E-state index contributed by atoms with van der Waals surface area (Å²) in [7, 11) is 1.73. The summed E-state index contributed by atoms with van der Waals surface area (Å²) in [5.74, 6) is 0.636. The molecular formula is C15H19ClN4O2. The molecule has 0 unspecified atom stereocenters. The molecule has 3 heterocycles. The van der Waals surface area contributed by atoms with Crippen LogP contribution in [0.1, 0.15) is 53.7 Å². The van der Waals surface area contributed by atoms with Crippen molar-refractivity contribution in [1.29, 1.82) is 0 Å². The van der Waals surface area contributed by atoms with E-state index in [2.05, 4.69) is 10.3 Å². The maximum absolute atomic E-state index is 13.0. The van der Waals surface area contributed by atoms with Crippen LogP contribution in [0.2, 0.25) is 5.02 Å². The fraction of sp³-hybridized carbons (Fsp3) is 0.533. The highest BCUT2D eigenvalue weighted by Gasteiger charge is 2.32. The van der Waals surface area contributed by atoms with Crippen LogP contribution in [-0.2, 0) is 7.05 Å². The number of carbonyl (C=O) groups excluding carboxylic acids is 1. The van der Waals surface area contributed by atoms with Gasteiger partial charge in [0.25, 0.3) is 5.91 Å². The second kappa shape index (κ2) is 6.12. The Morgan fingerprint density at radius 2 is 2.23 bits per heavy atom. The van der Waals surface area contributed by atoms with Gasteiger partial charge in [-0.15, -0.1) is 0 Å². The zero-order chi connectivity index (χ0) is 15.7. The molecule has 0 N–H and O–H groups in total. The Labute approximate surface area is 134 Å². The first-order valence-corrected chi connectivity index (χ1v) is 7.87. The number of likely N-dealkylation sites (tertiary alicyclic amines) is 1. The van der Waals surface area contributed by atoms with Crippen LogP contribution in [0.15, 0.2) is 16.8 Å². The molecule has 0 bridgehead atoms. The molecule has 0 radical (unpaired) electrons. The van der Waals surface area contributed by atoms with Gasteiger partial charge < -0.3 is 9.42 Å². The first-order chi connectivity index (χ1) is 10.6. The normalized spacial score (nSPS) is 19.2. The topological polar surface area (TPSA) is 64.2 Å². The highest BCUT2D eigenvalue weighted by molar-refractivity contribution is 6.33. The van der Waals surface area contributed by atoms with Crippen LogP contribution in [0.5, 0.6) is 0 Å². The van der Waals surface area contributed by atoms with Crippen molar-refractivity contribution in [2.75, 3.05) is 6.54 Å². The molecule has 3 rings (SSSR count). The van der Waals surface area contributed by atoms with Crippen molar-refractivity contribution >= 4 is 17.5 Å². The van der Waals surface area contributed by atoms with Crippen LogP contribution in [0.3, 0.4) is 0 Å². The lowest BCUT2D eigenvalue weighted by molar-refractivity contribution is 0.0640. The smallest absolute Gasteiger partial charge is 0.274 e. The third-order valence-electron chi connectivity index (χ3n) is 4.08. The molecule has 1 atom stereocenters. The van der Waals surface area contributed by atoms with Gasteiger partial charge in [0.05, 0.1) is 23.0 Å². The summed E-state index contributed by atoms with van der Waals surface area (Å²) < 4.78 is 6.94. The molecule has 22 heavy (non-hydrogen) atoms. The van der Waals surface area contributed by atoms with Gasteiger partial charge in [-0.25, -0.2) is 0 Å². The summed E-state index contributed by atoms with van der Waals surface area (Å²) in [5.41, 5.74) is 1.25. The summed E-state index contributed by atoms with van der Waals surface area (Å²) in [4.78, 5) is 14.8. The second-order valence-electron chi connectivity index (χ2n) is 5.70. The van der Waals surface area contributed by atoms with Crippen molar-refractivity contribution in [3.63, 3.8) is 0 Å². The zero-order valence-electron chi connectivity index (χ0n) is 12.8. The SMILES string of the molecule is Cc1cc([C@H]2CCCCCN2C(=O)c2c(Cl)cnn2C)on1. The van der Waals surface area contributed by atoms with Crippen LogP contribution in [-0.4, -0.2) is 32.3 Å². The van der Waals surface area contributed by atoms with Gasteiger partial charge >= 0.3 is 0 Å². The molecule has 1 saturated heterocycles. The Balaban J connectivity index is 1.95. The molecule has 1 fully saturated rings. The third-order valence-corrected chi connectivity index (χ3v) is 4.36. The highest BCUT2D eigenvalue weighted by Crippen LogP contribution is 2.32. The molecule has 1 amide bonds. The average molecular weight is 323 g/mol. The Morgan fingerprint density at radius 3 is 2.86 bits per heavy atom. The number of aryl methyl sites for hydroxylation is 2. The van der Waals surface area contributed by atoms with E-state index >= 15 is 0 Å². The zero-order valence-corrected chi connectivity index (χ0v) is 13.5. The van der Waals surface area contributed by atoms with Crippen molar-refractivity contribution in [2.45, 2.75) is 38.6 Å². The fourth-order valence-electron chi connectivity index (χ4n) is 2.97. The van der Waals surface area contributed by atoms with E-state index in [1.165, 1.54) is 10.9 Å². The van der Waals surface area contributed by atoms with Gasteiger partial charge in [-0.3, -0.25) is 9.48 Å². The molecule has 2 aromatic rings. The number of aromatic nitrogens is 3. The number of carbonyl (C=O) groups is 1. The predicted molar refractivity (Wildman–Crippen MR) is 81.7 cm³/mol. The number of hydrogen-bond donors (Lipinski definition) is 0. The van der Waals surface area contributed by atoms with E-state index in [1.54, 1.807) is 7.05 Å². The van der Waals surface area contributed by atoms with Crippen LogP contribution in [0, 0.1) is 6.92 Å². The number of rotatable bonds is 2. The fourth-order valence-corrected chi connectivity index (χ4v) is 3.22.